The van der Waals surface area contributed by atoms with Crippen LogP contribution in [0.5, 0.6) is 0 Å². The lowest BCUT2D eigenvalue weighted by molar-refractivity contribution is 0.117. The number of fused-ring (bicyclic) bond motifs is 2. The zero-order valence-electron chi connectivity index (χ0n) is 10.0. The Balaban J connectivity index is 0.000000134. The third-order valence-electron chi connectivity index (χ3n) is 3.18. The molecule has 0 saturated carbocycles. The summed E-state index contributed by atoms with van der Waals surface area (Å²) in [5.74, 6) is 0. The Morgan fingerprint density at radius 3 is 2.35 bits per heavy atom. The molecule has 1 amide bonds. The van der Waals surface area contributed by atoms with E-state index in [0.29, 0.717) is 6.54 Å². The molecule has 2 N–H and O–H groups in total. The third-order valence-corrected chi connectivity index (χ3v) is 3.18. The van der Waals surface area contributed by atoms with Gasteiger partial charge in [-0.15, -0.1) is 0 Å². The largest absolute Gasteiger partial charge is 0.465 e. The first-order valence-electron chi connectivity index (χ1n) is 5.95. The van der Waals surface area contributed by atoms with Gasteiger partial charge in [-0.25, -0.2) is 4.79 Å². The third kappa shape index (κ3) is 2.97. The van der Waals surface area contributed by atoms with Gasteiger partial charge in [-0.2, -0.15) is 0 Å². The number of hydrogen-bond acceptors (Lipinski definition) is 2. The van der Waals surface area contributed by atoms with Crippen molar-refractivity contribution >= 4 is 6.09 Å². The normalized spacial score (nSPS) is 25.0. The molecule has 3 rings (SSSR count). The van der Waals surface area contributed by atoms with Crippen molar-refractivity contribution in [2.24, 2.45) is 0 Å². The predicted octanol–water partition coefficient (Wildman–Crippen LogP) is 1.77. The quantitative estimate of drug-likeness (QED) is 0.671. The molecule has 1 atom stereocenters. The summed E-state index contributed by atoms with van der Waals surface area (Å²) in [5, 5.41) is 11.7. The van der Waals surface area contributed by atoms with Gasteiger partial charge in [0, 0.05) is 25.7 Å². The Kier molecular flexibility index (Phi) is 3.64. The fourth-order valence-electron chi connectivity index (χ4n) is 2.14. The van der Waals surface area contributed by atoms with Crippen LogP contribution in [0.2, 0.25) is 0 Å². The van der Waals surface area contributed by atoms with Crippen LogP contribution in [0.3, 0.4) is 0 Å². The van der Waals surface area contributed by atoms with Gasteiger partial charge >= 0.3 is 6.09 Å². The molecule has 92 valence electrons. The second-order valence-electron chi connectivity index (χ2n) is 4.52. The van der Waals surface area contributed by atoms with Gasteiger partial charge < -0.3 is 15.3 Å². The van der Waals surface area contributed by atoms with Crippen molar-refractivity contribution in [2.75, 3.05) is 19.6 Å². The van der Waals surface area contributed by atoms with E-state index >= 15 is 0 Å². The second-order valence-corrected chi connectivity index (χ2v) is 4.52. The minimum atomic E-state index is -0.811. The highest BCUT2D eigenvalue weighted by Crippen LogP contribution is 2.27. The van der Waals surface area contributed by atoms with Gasteiger partial charge in [-0.1, -0.05) is 24.3 Å². The molecule has 0 aromatic carbocycles. The Labute approximate surface area is 101 Å². The van der Waals surface area contributed by atoms with Crippen LogP contribution in [-0.2, 0) is 0 Å². The molecule has 1 saturated heterocycles. The molecule has 0 radical (unpaired) electrons. The van der Waals surface area contributed by atoms with E-state index in [9.17, 15) is 4.79 Å². The number of rotatable bonds is 0. The van der Waals surface area contributed by atoms with Crippen molar-refractivity contribution in [3.63, 3.8) is 0 Å². The predicted molar refractivity (Wildman–Crippen MR) is 67.0 cm³/mol. The molecule has 0 aromatic heterocycles. The van der Waals surface area contributed by atoms with Crippen LogP contribution in [0.25, 0.3) is 0 Å². The number of carbonyl (C=O) groups is 1. The molecular formula is C13H18N2O2. The molecule has 1 heterocycles. The molecule has 2 aliphatic carbocycles. The summed E-state index contributed by atoms with van der Waals surface area (Å²) in [5.41, 5.74) is 2.94. The maximum absolute atomic E-state index is 10.5. The Bertz CT molecular complexity index is 376. The molecule has 1 unspecified atom stereocenters. The molecule has 1 fully saturated rings. The fourth-order valence-corrected chi connectivity index (χ4v) is 2.14. The summed E-state index contributed by atoms with van der Waals surface area (Å²) >= 11 is 0. The highest BCUT2D eigenvalue weighted by molar-refractivity contribution is 5.65. The van der Waals surface area contributed by atoms with Crippen LogP contribution in [-0.4, -0.2) is 41.8 Å². The van der Waals surface area contributed by atoms with E-state index in [1.54, 1.807) is 0 Å². The average molecular weight is 234 g/mol. The number of amides is 1. The molecular weight excluding hydrogens is 216 g/mol. The monoisotopic (exact) mass is 234 g/mol. The standard InChI is InChI=1S/C7H6.C6H12N2O2/c1-2-7-4-3-6(1)5-7;1-5-4-7-2-3-8(5)6(9)10/h1-4H,5H2;5,7H,2-4H2,1H3,(H,9,10). The minimum absolute atomic E-state index is 0.117. The van der Waals surface area contributed by atoms with Gasteiger partial charge in [0.2, 0.25) is 0 Å². The lowest BCUT2D eigenvalue weighted by atomic mass is 10.2. The number of nitrogens with one attached hydrogen (secondary N) is 1. The van der Waals surface area contributed by atoms with Gasteiger partial charge in [-0.3, -0.25) is 0 Å². The smallest absolute Gasteiger partial charge is 0.407 e. The van der Waals surface area contributed by atoms with E-state index in [0.717, 1.165) is 13.1 Å². The lowest BCUT2D eigenvalue weighted by Crippen LogP contribution is -2.51. The van der Waals surface area contributed by atoms with Crippen molar-refractivity contribution in [1.29, 1.82) is 0 Å². The highest BCUT2D eigenvalue weighted by Gasteiger charge is 2.21. The minimum Gasteiger partial charge on any atom is -0.465 e. The Hall–Kier alpha value is -1.55. The number of piperazine rings is 1. The number of carboxylic acid groups (broad SMARTS) is 1. The zero-order valence-corrected chi connectivity index (χ0v) is 10.0. The second kappa shape index (κ2) is 5.19. The number of nitrogens with zero attached hydrogens (tertiary/aromatic N) is 1. The van der Waals surface area contributed by atoms with E-state index < -0.39 is 6.09 Å². The van der Waals surface area contributed by atoms with Crippen LogP contribution < -0.4 is 5.32 Å². The zero-order chi connectivity index (χ0) is 12.3. The Morgan fingerprint density at radius 1 is 1.41 bits per heavy atom. The highest BCUT2D eigenvalue weighted by atomic mass is 16.4. The van der Waals surface area contributed by atoms with Crippen molar-refractivity contribution in [3.05, 3.63) is 35.5 Å². The van der Waals surface area contributed by atoms with E-state index in [1.807, 2.05) is 6.92 Å². The van der Waals surface area contributed by atoms with E-state index in [1.165, 1.54) is 22.5 Å². The van der Waals surface area contributed by atoms with Crippen LogP contribution in [0.1, 0.15) is 13.3 Å². The molecule has 1 aliphatic heterocycles. The summed E-state index contributed by atoms with van der Waals surface area (Å²) in [7, 11) is 0. The van der Waals surface area contributed by atoms with E-state index in [4.69, 9.17) is 5.11 Å². The number of allylic oxidation sites excluding steroid dienone is 6. The summed E-state index contributed by atoms with van der Waals surface area (Å²) in [4.78, 5) is 11.9. The van der Waals surface area contributed by atoms with E-state index in [-0.39, 0.29) is 6.04 Å². The molecule has 17 heavy (non-hydrogen) atoms. The maximum atomic E-state index is 10.5. The molecule has 0 spiro atoms. The SMILES string of the molecule is C1=CC2=CC=C1C2.CC1CNCCN1C(=O)O. The van der Waals surface area contributed by atoms with E-state index in [2.05, 4.69) is 29.6 Å². The molecule has 0 aromatic rings. The van der Waals surface area contributed by atoms with Crippen LogP contribution in [0, 0.1) is 0 Å². The van der Waals surface area contributed by atoms with Crippen LogP contribution in [0.15, 0.2) is 35.5 Å². The maximum Gasteiger partial charge on any atom is 0.407 e. The van der Waals surface area contributed by atoms with Gasteiger partial charge in [0.1, 0.15) is 0 Å². The van der Waals surface area contributed by atoms with Crippen LogP contribution in [0.4, 0.5) is 4.79 Å². The lowest BCUT2D eigenvalue weighted by Gasteiger charge is -2.31. The average Bonchev–Trinajstić information content (AvgIpc) is 2.94. The summed E-state index contributed by atoms with van der Waals surface area (Å²) in [6.07, 6.45) is 9.09. The van der Waals surface area contributed by atoms with Gasteiger partial charge in [0.25, 0.3) is 0 Å². The van der Waals surface area contributed by atoms with Crippen molar-refractivity contribution in [3.8, 4) is 0 Å². The van der Waals surface area contributed by atoms with Gasteiger partial charge in [0.15, 0.2) is 0 Å². The van der Waals surface area contributed by atoms with Gasteiger partial charge in [0.05, 0.1) is 0 Å². The van der Waals surface area contributed by atoms with Crippen molar-refractivity contribution in [2.45, 2.75) is 19.4 Å². The van der Waals surface area contributed by atoms with Crippen molar-refractivity contribution < 1.29 is 9.90 Å². The molecule has 3 aliphatic rings. The molecule has 2 bridgehead atoms. The molecule has 4 nitrogen and oxygen atoms in total. The first-order valence-corrected chi connectivity index (χ1v) is 5.95. The fraction of sp³-hybridized carbons (Fsp3) is 0.462. The molecule has 4 heteroatoms. The Morgan fingerprint density at radius 2 is 2.06 bits per heavy atom. The topological polar surface area (TPSA) is 52.6 Å². The van der Waals surface area contributed by atoms with Crippen molar-refractivity contribution in [1.82, 2.24) is 10.2 Å². The van der Waals surface area contributed by atoms with Gasteiger partial charge in [-0.05, 0) is 24.5 Å². The first kappa shape index (κ1) is 11.9. The summed E-state index contributed by atoms with van der Waals surface area (Å²) in [6, 6.07) is 0.117. The number of hydrogen-bond donors (Lipinski definition) is 2. The van der Waals surface area contributed by atoms with Crippen LogP contribution >= 0.6 is 0 Å². The summed E-state index contributed by atoms with van der Waals surface area (Å²) < 4.78 is 0. The summed E-state index contributed by atoms with van der Waals surface area (Å²) in [6.45, 7) is 4.06. The first-order chi connectivity index (χ1) is 8.16.